The van der Waals surface area contributed by atoms with E-state index in [1.807, 2.05) is 0 Å². The Hall–Kier alpha value is -1.49. The van der Waals surface area contributed by atoms with E-state index in [4.69, 9.17) is 5.26 Å². The number of alkyl halides is 4. The molecule has 0 aliphatic carbocycles. The molecule has 1 rings (SSSR count). The Balaban J connectivity index is 3.16. The lowest BCUT2D eigenvalue weighted by Gasteiger charge is -2.11. The predicted octanol–water partition coefficient (Wildman–Crippen LogP) is 2.65. The van der Waals surface area contributed by atoms with Crippen LogP contribution in [-0.4, -0.2) is 16.5 Å². The lowest BCUT2D eigenvalue weighted by atomic mass is 10.1. The van der Waals surface area contributed by atoms with Crippen molar-refractivity contribution in [3.05, 3.63) is 17.3 Å². The molecule has 0 atom stereocenters. The van der Waals surface area contributed by atoms with Gasteiger partial charge in [-0.15, -0.1) is 13.2 Å². The summed E-state index contributed by atoms with van der Waals surface area (Å²) in [7, 11) is 0. The normalized spacial score (nSPS) is 11.0. The fourth-order valence-corrected chi connectivity index (χ4v) is 1.50. The SMILES string of the molecule is N#CCc1cc(OC(F)(F)F)nc(CBr)c1O. The third-order valence-corrected chi connectivity index (χ3v) is 2.27. The second-order valence-electron chi connectivity index (χ2n) is 2.93. The van der Waals surface area contributed by atoms with E-state index in [0.717, 1.165) is 6.07 Å². The zero-order valence-electron chi connectivity index (χ0n) is 8.25. The van der Waals surface area contributed by atoms with Gasteiger partial charge in [0.05, 0.1) is 18.2 Å². The van der Waals surface area contributed by atoms with Crippen molar-refractivity contribution in [2.45, 2.75) is 18.1 Å². The van der Waals surface area contributed by atoms with Crippen LogP contribution >= 0.6 is 15.9 Å². The number of nitriles is 1. The van der Waals surface area contributed by atoms with E-state index in [2.05, 4.69) is 25.7 Å². The molecule has 0 aliphatic heterocycles. The molecule has 0 aliphatic rings. The summed E-state index contributed by atoms with van der Waals surface area (Å²) in [6, 6.07) is 2.61. The van der Waals surface area contributed by atoms with Gasteiger partial charge in [-0.25, -0.2) is 4.98 Å². The van der Waals surface area contributed by atoms with E-state index in [0.29, 0.717) is 0 Å². The molecule has 8 heteroatoms. The number of halogens is 4. The molecule has 1 N–H and O–H groups in total. The van der Waals surface area contributed by atoms with E-state index in [1.54, 1.807) is 6.07 Å². The molecule has 0 bridgehead atoms. The summed E-state index contributed by atoms with van der Waals surface area (Å²) in [6.45, 7) is 0. The van der Waals surface area contributed by atoms with Gasteiger partial charge < -0.3 is 9.84 Å². The highest BCUT2D eigenvalue weighted by Crippen LogP contribution is 2.29. The molecule has 0 fully saturated rings. The van der Waals surface area contributed by atoms with E-state index < -0.39 is 12.2 Å². The molecule has 0 radical (unpaired) electrons. The van der Waals surface area contributed by atoms with Crippen molar-refractivity contribution in [3.8, 4) is 17.7 Å². The average molecular weight is 311 g/mol. The number of hydrogen-bond acceptors (Lipinski definition) is 4. The Labute approximate surface area is 103 Å². The number of aromatic nitrogens is 1. The Bertz CT molecular complexity index is 457. The van der Waals surface area contributed by atoms with E-state index in [1.165, 1.54) is 0 Å². The minimum absolute atomic E-state index is 0.0167. The smallest absolute Gasteiger partial charge is 0.506 e. The van der Waals surface area contributed by atoms with Crippen LogP contribution in [-0.2, 0) is 11.8 Å². The minimum atomic E-state index is -4.86. The maximum atomic E-state index is 12.0. The Morgan fingerprint density at radius 3 is 2.65 bits per heavy atom. The van der Waals surface area contributed by atoms with Crippen molar-refractivity contribution >= 4 is 15.9 Å². The fourth-order valence-electron chi connectivity index (χ4n) is 1.10. The van der Waals surface area contributed by atoms with Crippen LogP contribution in [0.3, 0.4) is 0 Å². The number of ether oxygens (including phenoxy) is 1. The molecule has 17 heavy (non-hydrogen) atoms. The van der Waals surface area contributed by atoms with Crippen LogP contribution in [0.2, 0.25) is 0 Å². The van der Waals surface area contributed by atoms with E-state index >= 15 is 0 Å². The second-order valence-corrected chi connectivity index (χ2v) is 3.49. The van der Waals surface area contributed by atoms with Gasteiger partial charge in [-0.3, -0.25) is 0 Å². The molecule has 0 saturated heterocycles. The number of nitrogens with zero attached hydrogens (tertiary/aromatic N) is 2. The van der Waals surface area contributed by atoms with Crippen molar-refractivity contribution in [1.82, 2.24) is 4.98 Å². The quantitative estimate of drug-likeness (QED) is 0.872. The van der Waals surface area contributed by atoms with Gasteiger partial charge in [-0.1, -0.05) is 15.9 Å². The number of rotatable bonds is 3. The first-order valence-electron chi connectivity index (χ1n) is 4.27. The van der Waals surface area contributed by atoms with Gasteiger partial charge in [0, 0.05) is 17.0 Å². The summed E-state index contributed by atoms with van der Waals surface area (Å²) in [5.74, 6) is -1.01. The molecule has 4 nitrogen and oxygen atoms in total. The van der Waals surface area contributed by atoms with Crippen molar-refractivity contribution in [3.63, 3.8) is 0 Å². The average Bonchev–Trinajstić information content (AvgIpc) is 2.20. The molecular formula is C9H6BrF3N2O2. The zero-order chi connectivity index (χ0) is 13.1. The summed E-state index contributed by atoms with van der Waals surface area (Å²) in [6.07, 6.45) is -5.10. The largest absolute Gasteiger partial charge is 0.574 e. The van der Waals surface area contributed by atoms with Crippen LogP contribution in [0.25, 0.3) is 0 Å². The summed E-state index contributed by atoms with van der Waals surface area (Å²) in [4.78, 5) is 3.47. The first-order chi connectivity index (χ1) is 7.87. The lowest BCUT2D eigenvalue weighted by Crippen LogP contribution is -2.18. The van der Waals surface area contributed by atoms with Crippen molar-refractivity contribution in [2.24, 2.45) is 0 Å². The van der Waals surface area contributed by atoms with E-state index in [-0.39, 0.29) is 28.8 Å². The molecule has 0 saturated carbocycles. The number of pyridine rings is 1. The Morgan fingerprint density at radius 2 is 2.18 bits per heavy atom. The van der Waals surface area contributed by atoms with Gasteiger partial charge in [0.25, 0.3) is 0 Å². The molecule has 1 heterocycles. The monoisotopic (exact) mass is 310 g/mol. The van der Waals surface area contributed by atoms with Crippen LogP contribution < -0.4 is 4.74 Å². The summed E-state index contributed by atoms with van der Waals surface area (Å²) >= 11 is 2.97. The van der Waals surface area contributed by atoms with Crippen LogP contribution in [0.4, 0.5) is 13.2 Å². The molecule has 92 valence electrons. The summed E-state index contributed by atoms with van der Waals surface area (Å²) < 4.78 is 39.6. The Morgan fingerprint density at radius 1 is 1.53 bits per heavy atom. The van der Waals surface area contributed by atoms with Crippen molar-refractivity contribution in [2.75, 3.05) is 0 Å². The lowest BCUT2D eigenvalue weighted by molar-refractivity contribution is -0.276. The molecule has 0 unspecified atom stereocenters. The summed E-state index contributed by atoms with van der Waals surface area (Å²) in [5, 5.41) is 18.1. The Kier molecular flexibility index (Phi) is 4.17. The molecular weight excluding hydrogens is 305 g/mol. The van der Waals surface area contributed by atoms with Crippen LogP contribution in [0, 0.1) is 11.3 Å². The minimum Gasteiger partial charge on any atom is -0.506 e. The van der Waals surface area contributed by atoms with Crippen molar-refractivity contribution in [1.29, 1.82) is 5.26 Å². The molecule has 0 amide bonds. The number of hydrogen-bond donors (Lipinski definition) is 1. The molecule has 0 spiro atoms. The van der Waals surface area contributed by atoms with Gasteiger partial charge in [0.2, 0.25) is 5.88 Å². The van der Waals surface area contributed by atoms with Crippen molar-refractivity contribution < 1.29 is 23.0 Å². The molecule has 0 aromatic carbocycles. The fraction of sp³-hybridized carbons (Fsp3) is 0.333. The van der Waals surface area contributed by atoms with Gasteiger partial charge in [0.1, 0.15) is 5.75 Å². The van der Waals surface area contributed by atoms with Crippen LogP contribution in [0.15, 0.2) is 6.07 Å². The second kappa shape index (κ2) is 5.23. The molecule has 1 aromatic heterocycles. The zero-order valence-corrected chi connectivity index (χ0v) is 9.84. The predicted molar refractivity (Wildman–Crippen MR) is 54.5 cm³/mol. The highest BCUT2D eigenvalue weighted by Gasteiger charge is 2.32. The highest BCUT2D eigenvalue weighted by molar-refractivity contribution is 9.08. The maximum Gasteiger partial charge on any atom is 0.574 e. The topological polar surface area (TPSA) is 66.1 Å². The van der Waals surface area contributed by atoms with Crippen LogP contribution in [0.1, 0.15) is 11.3 Å². The van der Waals surface area contributed by atoms with E-state index in [9.17, 15) is 18.3 Å². The van der Waals surface area contributed by atoms with Gasteiger partial charge in [-0.2, -0.15) is 5.26 Å². The van der Waals surface area contributed by atoms with Gasteiger partial charge in [-0.05, 0) is 0 Å². The van der Waals surface area contributed by atoms with Gasteiger partial charge >= 0.3 is 6.36 Å². The number of aromatic hydroxyl groups is 1. The molecule has 1 aromatic rings. The third kappa shape index (κ3) is 3.78. The maximum absolute atomic E-state index is 12.0. The summed E-state index contributed by atoms with van der Waals surface area (Å²) in [5.41, 5.74) is 0.0215. The van der Waals surface area contributed by atoms with Crippen LogP contribution in [0.5, 0.6) is 11.6 Å². The standard InChI is InChI=1S/C9H6BrF3N2O2/c10-4-6-8(16)5(1-2-14)3-7(15-6)17-9(11,12)13/h3,16H,1,4H2. The highest BCUT2D eigenvalue weighted by atomic mass is 79.9. The third-order valence-electron chi connectivity index (χ3n) is 1.74. The van der Waals surface area contributed by atoms with Gasteiger partial charge in [0.15, 0.2) is 0 Å². The first-order valence-corrected chi connectivity index (χ1v) is 5.40. The first kappa shape index (κ1) is 13.6.